The Morgan fingerprint density at radius 1 is 1.05 bits per heavy atom. The second-order valence-corrected chi connectivity index (χ2v) is 12.8. The number of carbonyl (C=O) groups is 2. The Morgan fingerprint density at radius 2 is 1.90 bits per heavy atom. The SMILES string of the molecule is O=C(CCn1ccc2ccccc21)Nc1cccc(C(C2=C(O)CC(CCCC3CC3C3CC3)OC2=O)C2CC2)c1. The molecule has 4 atom stereocenters. The van der Waals surface area contributed by atoms with Gasteiger partial charge in [-0.1, -0.05) is 36.8 Å². The van der Waals surface area contributed by atoms with Crippen molar-refractivity contribution in [3.05, 3.63) is 77.7 Å². The van der Waals surface area contributed by atoms with Crippen molar-refractivity contribution in [3.8, 4) is 0 Å². The maximum Gasteiger partial charge on any atom is 0.338 e. The van der Waals surface area contributed by atoms with Crippen LogP contribution in [0.1, 0.15) is 75.7 Å². The van der Waals surface area contributed by atoms with Gasteiger partial charge in [0.15, 0.2) is 0 Å². The third-order valence-corrected chi connectivity index (χ3v) is 9.73. The van der Waals surface area contributed by atoms with Crippen LogP contribution in [0.3, 0.4) is 0 Å². The number of hydrogen-bond donors (Lipinski definition) is 2. The zero-order chi connectivity index (χ0) is 27.9. The average Bonchev–Trinajstić information content (AvgIpc) is 3.82. The summed E-state index contributed by atoms with van der Waals surface area (Å²) in [5.74, 6) is 2.70. The van der Waals surface area contributed by atoms with Crippen LogP contribution in [-0.2, 0) is 20.9 Å². The van der Waals surface area contributed by atoms with Gasteiger partial charge in [0.05, 0.1) is 5.57 Å². The third-order valence-electron chi connectivity index (χ3n) is 9.73. The number of ether oxygens (including phenoxy) is 1. The molecule has 2 aromatic carbocycles. The zero-order valence-corrected chi connectivity index (χ0v) is 23.6. The van der Waals surface area contributed by atoms with Crippen molar-refractivity contribution in [1.29, 1.82) is 0 Å². The number of benzene rings is 2. The van der Waals surface area contributed by atoms with Gasteiger partial charge in [-0.15, -0.1) is 0 Å². The molecule has 1 aliphatic heterocycles. The van der Waals surface area contributed by atoms with Crippen LogP contribution in [0.25, 0.3) is 10.9 Å². The molecule has 4 aliphatic rings. The molecule has 3 saturated carbocycles. The predicted molar refractivity (Wildman–Crippen MR) is 159 cm³/mol. The molecule has 0 radical (unpaired) electrons. The summed E-state index contributed by atoms with van der Waals surface area (Å²) in [6.45, 7) is 0.596. The lowest BCUT2D eigenvalue weighted by atomic mass is 9.83. The quantitative estimate of drug-likeness (QED) is 0.228. The van der Waals surface area contributed by atoms with Crippen molar-refractivity contribution in [2.45, 2.75) is 82.8 Å². The summed E-state index contributed by atoms with van der Waals surface area (Å²) in [7, 11) is 0. The molecule has 3 aromatic rings. The number of fused-ring (bicyclic) bond motifs is 1. The number of aliphatic hydroxyl groups excluding tert-OH is 1. The molecule has 1 aromatic heterocycles. The fourth-order valence-electron chi connectivity index (χ4n) is 7.17. The van der Waals surface area contributed by atoms with Crippen molar-refractivity contribution < 1.29 is 19.4 Å². The lowest BCUT2D eigenvalue weighted by molar-refractivity contribution is -0.147. The van der Waals surface area contributed by atoms with Crippen LogP contribution in [0.4, 0.5) is 5.69 Å². The molecule has 4 unspecified atom stereocenters. The van der Waals surface area contributed by atoms with Crippen LogP contribution in [0.15, 0.2) is 72.1 Å². The van der Waals surface area contributed by atoms with Crippen LogP contribution in [-0.4, -0.2) is 27.7 Å². The monoisotopic (exact) mass is 552 g/mol. The van der Waals surface area contributed by atoms with Crippen LogP contribution >= 0.6 is 0 Å². The summed E-state index contributed by atoms with van der Waals surface area (Å²) in [6.07, 6.45) is 11.9. The minimum Gasteiger partial charge on any atom is -0.512 e. The fraction of sp³-hybridized carbons (Fsp3) is 0.486. The topological polar surface area (TPSA) is 80.6 Å². The number of aromatic nitrogens is 1. The number of aryl methyl sites for hydroxylation is 1. The normalized spacial score (nSPS) is 24.8. The van der Waals surface area contributed by atoms with E-state index in [0.29, 0.717) is 36.6 Å². The molecule has 3 aliphatic carbocycles. The third kappa shape index (κ3) is 5.93. The molecule has 0 saturated heterocycles. The van der Waals surface area contributed by atoms with E-state index in [1.807, 2.05) is 42.6 Å². The number of nitrogens with zero attached hydrogens (tertiary/aromatic N) is 1. The summed E-state index contributed by atoms with van der Waals surface area (Å²) in [5, 5.41) is 15.3. The number of cyclic esters (lactones) is 1. The van der Waals surface area contributed by atoms with E-state index in [-0.39, 0.29) is 29.7 Å². The molecule has 6 heteroatoms. The van der Waals surface area contributed by atoms with Crippen molar-refractivity contribution in [1.82, 2.24) is 4.57 Å². The van der Waals surface area contributed by atoms with Crippen molar-refractivity contribution in [3.63, 3.8) is 0 Å². The maximum absolute atomic E-state index is 13.3. The number of carbonyl (C=O) groups excluding carboxylic acids is 2. The highest BCUT2D eigenvalue weighted by Gasteiger charge is 2.47. The van der Waals surface area contributed by atoms with Gasteiger partial charge >= 0.3 is 5.97 Å². The molecule has 6 nitrogen and oxygen atoms in total. The van der Waals surface area contributed by atoms with Crippen molar-refractivity contribution >= 4 is 28.5 Å². The predicted octanol–water partition coefficient (Wildman–Crippen LogP) is 7.51. The second kappa shape index (κ2) is 11.0. The highest BCUT2D eigenvalue weighted by molar-refractivity contribution is 5.93. The minimum atomic E-state index is -0.369. The molecule has 0 bridgehead atoms. The van der Waals surface area contributed by atoms with E-state index in [1.54, 1.807) is 0 Å². The highest BCUT2D eigenvalue weighted by atomic mass is 16.5. The summed E-state index contributed by atoms with van der Waals surface area (Å²) < 4.78 is 8.00. The minimum absolute atomic E-state index is 0.0560. The fourth-order valence-corrected chi connectivity index (χ4v) is 7.17. The van der Waals surface area contributed by atoms with Gasteiger partial charge in [-0.3, -0.25) is 4.79 Å². The first-order chi connectivity index (χ1) is 20.0. The van der Waals surface area contributed by atoms with E-state index < -0.39 is 0 Å². The van der Waals surface area contributed by atoms with Gasteiger partial charge in [0.25, 0.3) is 0 Å². The second-order valence-electron chi connectivity index (χ2n) is 12.8. The summed E-state index contributed by atoms with van der Waals surface area (Å²) in [6, 6.07) is 18.0. The molecule has 1 amide bonds. The van der Waals surface area contributed by atoms with Crippen LogP contribution in [0.2, 0.25) is 0 Å². The number of amides is 1. The van der Waals surface area contributed by atoms with Gasteiger partial charge in [0.1, 0.15) is 11.9 Å². The zero-order valence-electron chi connectivity index (χ0n) is 23.6. The lowest BCUT2D eigenvalue weighted by Gasteiger charge is -2.29. The Balaban J connectivity index is 0.982. The smallest absolute Gasteiger partial charge is 0.338 e. The molecular formula is C35H40N2O4. The van der Waals surface area contributed by atoms with E-state index in [2.05, 4.69) is 28.1 Å². The Hall–Kier alpha value is -3.54. The van der Waals surface area contributed by atoms with Crippen LogP contribution in [0, 0.1) is 23.7 Å². The number of aliphatic hydroxyl groups is 1. The van der Waals surface area contributed by atoms with Gasteiger partial charge in [-0.2, -0.15) is 0 Å². The van der Waals surface area contributed by atoms with Crippen molar-refractivity contribution in [2.24, 2.45) is 23.7 Å². The molecule has 2 N–H and O–H groups in total. The first kappa shape index (κ1) is 26.4. The first-order valence-corrected chi connectivity index (χ1v) is 15.6. The Labute approximate surface area is 241 Å². The number of anilines is 1. The molecule has 214 valence electrons. The van der Waals surface area contributed by atoms with Crippen LogP contribution < -0.4 is 5.32 Å². The summed E-state index contributed by atoms with van der Waals surface area (Å²) in [5.41, 5.74) is 3.19. The Kier molecular flexibility index (Phi) is 7.09. The van der Waals surface area contributed by atoms with E-state index in [1.165, 1.54) is 25.7 Å². The van der Waals surface area contributed by atoms with Gasteiger partial charge in [0.2, 0.25) is 5.91 Å². The highest BCUT2D eigenvalue weighted by Crippen LogP contribution is 2.56. The van der Waals surface area contributed by atoms with E-state index in [4.69, 9.17) is 4.74 Å². The largest absolute Gasteiger partial charge is 0.512 e. The Morgan fingerprint density at radius 3 is 2.71 bits per heavy atom. The number of hydrogen-bond acceptors (Lipinski definition) is 4. The van der Waals surface area contributed by atoms with E-state index in [0.717, 1.165) is 59.9 Å². The standard InChI is InChI=1S/C35H40N2O4/c38-31-21-28(9-4-6-25-20-29(25)22-11-12-22)41-35(40)34(31)33(24-13-14-24)26-7-3-8-27(19-26)36-32(39)16-18-37-17-15-23-5-1-2-10-30(23)37/h1-3,5,7-8,10,15,17,19,22,24-25,28-29,33,38H,4,6,9,11-14,16,18,20-21H2,(H,36,39). The molecule has 0 spiro atoms. The summed E-state index contributed by atoms with van der Waals surface area (Å²) >= 11 is 0. The maximum atomic E-state index is 13.3. The van der Waals surface area contributed by atoms with Gasteiger partial charge in [-0.25, -0.2) is 4.79 Å². The van der Waals surface area contributed by atoms with Crippen LogP contribution in [0.5, 0.6) is 0 Å². The van der Waals surface area contributed by atoms with Crippen molar-refractivity contribution in [2.75, 3.05) is 5.32 Å². The molecule has 3 fully saturated rings. The number of rotatable bonds is 12. The van der Waals surface area contributed by atoms with E-state index in [9.17, 15) is 14.7 Å². The average molecular weight is 553 g/mol. The van der Waals surface area contributed by atoms with Gasteiger partial charge in [0, 0.05) is 42.7 Å². The van der Waals surface area contributed by atoms with E-state index >= 15 is 0 Å². The van der Waals surface area contributed by atoms with Gasteiger partial charge in [-0.05, 0) is 104 Å². The molecule has 41 heavy (non-hydrogen) atoms. The molecular weight excluding hydrogens is 512 g/mol. The molecule has 7 rings (SSSR count). The Bertz CT molecular complexity index is 1480. The first-order valence-electron chi connectivity index (χ1n) is 15.6. The molecule has 2 heterocycles. The number of esters is 1. The van der Waals surface area contributed by atoms with Gasteiger partial charge < -0.3 is 19.7 Å². The lowest BCUT2D eigenvalue weighted by Crippen LogP contribution is -2.30. The summed E-state index contributed by atoms with van der Waals surface area (Å²) in [4.78, 5) is 26.1. The number of para-hydroxylation sites is 1. The number of nitrogens with one attached hydrogen (secondary N) is 1.